The summed E-state index contributed by atoms with van der Waals surface area (Å²) < 4.78 is 1.49. The van der Waals surface area contributed by atoms with Gasteiger partial charge in [0, 0.05) is 23.5 Å². The molecule has 4 rings (SSSR count). The van der Waals surface area contributed by atoms with Gasteiger partial charge in [0.15, 0.2) is 0 Å². The summed E-state index contributed by atoms with van der Waals surface area (Å²) in [6, 6.07) is 18.1. The predicted octanol–water partition coefficient (Wildman–Crippen LogP) is 4.33. The maximum atomic E-state index is 11.5. The number of halogens is 1. The molecule has 162 valence electrons. The molecule has 1 heterocycles. The summed E-state index contributed by atoms with van der Waals surface area (Å²) in [6.07, 6.45) is 9.17. The Balaban J connectivity index is 0.000000192. The molecule has 2 aromatic carbocycles. The Hall–Kier alpha value is -3.38. The smallest absolute Gasteiger partial charge is 0.255 e. The zero-order chi connectivity index (χ0) is 22.6. The minimum atomic E-state index is -0.495. The van der Waals surface area contributed by atoms with Crippen LogP contribution in [0.15, 0.2) is 77.7 Å². The molecule has 0 unspecified atom stereocenters. The molecular weight excluding hydrogens is 414 g/mol. The van der Waals surface area contributed by atoms with Crippen LogP contribution in [0.3, 0.4) is 0 Å². The lowest BCUT2D eigenvalue weighted by Gasteiger charge is -2.04. The highest BCUT2D eigenvalue weighted by Gasteiger charge is 2.03. The van der Waals surface area contributed by atoms with E-state index < -0.39 is 11.8 Å². The summed E-state index contributed by atoms with van der Waals surface area (Å²) >= 11 is 5.62. The van der Waals surface area contributed by atoms with Crippen LogP contribution in [-0.4, -0.2) is 16.4 Å². The monoisotopic (exact) mass is 439 g/mol. The largest absolute Gasteiger partial charge is 0.366 e. The van der Waals surface area contributed by atoms with Gasteiger partial charge in [0.1, 0.15) is 0 Å². The van der Waals surface area contributed by atoms with Crippen molar-refractivity contribution in [2.24, 2.45) is 11.5 Å². The molecule has 6 nitrogen and oxygen atoms in total. The van der Waals surface area contributed by atoms with Gasteiger partial charge in [-0.05, 0) is 42.5 Å². The quantitative estimate of drug-likeness (QED) is 0.634. The second kappa shape index (κ2) is 12.3. The van der Waals surface area contributed by atoms with Gasteiger partial charge < -0.3 is 11.5 Å². The first kappa shape index (κ1) is 23.9. The number of pyridine rings is 1. The van der Waals surface area contributed by atoms with Crippen LogP contribution in [0.2, 0.25) is 5.02 Å². The van der Waals surface area contributed by atoms with E-state index in [-0.39, 0.29) is 5.56 Å². The van der Waals surface area contributed by atoms with Crippen LogP contribution < -0.4 is 17.0 Å². The number of nitrogens with zero attached hydrogens (tertiary/aromatic N) is 1. The molecule has 1 saturated carbocycles. The van der Waals surface area contributed by atoms with Crippen LogP contribution in [0.5, 0.6) is 0 Å². The van der Waals surface area contributed by atoms with Crippen molar-refractivity contribution in [1.29, 1.82) is 0 Å². The number of nitrogens with two attached hydrogens (primary N) is 2. The van der Waals surface area contributed by atoms with Crippen LogP contribution >= 0.6 is 11.6 Å². The zero-order valence-electron chi connectivity index (χ0n) is 17.2. The van der Waals surface area contributed by atoms with Crippen molar-refractivity contribution in [3.8, 4) is 5.69 Å². The minimum Gasteiger partial charge on any atom is -0.366 e. The van der Waals surface area contributed by atoms with Crippen LogP contribution in [0.25, 0.3) is 5.69 Å². The number of aromatic nitrogens is 1. The number of carbonyl (C=O) groups excluding carboxylic acids is 2. The molecule has 1 fully saturated rings. The molecule has 3 aromatic rings. The fraction of sp³-hybridized carbons (Fsp3) is 0.208. The van der Waals surface area contributed by atoms with E-state index in [1.165, 1.54) is 42.7 Å². The van der Waals surface area contributed by atoms with E-state index in [2.05, 4.69) is 0 Å². The van der Waals surface area contributed by atoms with Gasteiger partial charge in [0.05, 0.1) is 10.6 Å². The van der Waals surface area contributed by atoms with Gasteiger partial charge in [-0.2, -0.15) is 0 Å². The molecule has 0 bridgehead atoms. The highest BCUT2D eigenvalue weighted by molar-refractivity contribution is 6.33. The standard InChI is InChI=1S/C12H10N2O2.C7H6ClNO.C5H10/c13-12(16)9-4-6-10(7-5-9)14-8-2-1-3-11(14)15;8-6-4-2-1-3-5(6)7(9)10;1-2-4-5-3-1/h1-8H,(H2,13,16);1-4H,(H2,9,10);1-5H2. The molecule has 1 aromatic heterocycles. The first-order valence-electron chi connectivity index (χ1n) is 10.0. The Kier molecular flexibility index (Phi) is 9.52. The normalized spacial score (nSPS) is 12.0. The molecule has 0 saturated heterocycles. The van der Waals surface area contributed by atoms with Crippen molar-refractivity contribution in [2.45, 2.75) is 32.1 Å². The van der Waals surface area contributed by atoms with E-state index in [4.69, 9.17) is 23.1 Å². The molecule has 0 radical (unpaired) electrons. The van der Waals surface area contributed by atoms with E-state index in [1.54, 1.807) is 66.9 Å². The lowest BCUT2D eigenvalue weighted by molar-refractivity contribution is 0.0992. The van der Waals surface area contributed by atoms with E-state index >= 15 is 0 Å². The molecule has 4 N–H and O–H groups in total. The van der Waals surface area contributed by atoms with Crippen LogP contribution in [0.1, 0.15) is 52.8 Å². The van der Waals surface area contributed by atoms with Gasteiger partial charge in [-0.1, -0.05) is 61.9 Å². The van der Waals surface area contributed by atoms with E-state index in [9.17, 15) is 14.4 Å². The topological polar surface area (TPSA) is 108 Å². The lowest BCUT2D eigenvalue weighted by atomic mass is 10.2. The number of rotatable bonds is 3. The predicted molar refractivity (Wildman–Crippen MR) is 124 cm³/mol. The average Bonchev–Trinajstić information content (AvgIpc) is 3.35. The third-order valence-corrected chi connectivity index (χ3v) is 4.97. The second-order valence-electron chi connectivity index (χ2n) is 6.93. The lowest BCUT2D eigenvalue weighted by Crippen LogP contribution is -2.16. The maximum absolute atomic E-state index is 11.5. The van der Waals surface area contributed by atoms with Crippen molar-refractivity contribution in [2.75, 3.05) is 0 Å². The first-order chi connectivity index (χ1) is 14.9. The molecule has 7 heteroatoms. The van der Waals surface area contributed by atoms with Crippen LogP contribution in [-0.2, 0) is 0 Å². The fourth-order valence-electron chi connectivity index (χ4n) is 2.97. The molecule has 31 heavy (non-hydrogen) atoms. The Morgan fingerprint density at radius 2 is 1.29 bits per heavy atom. The van der Waals surface area contributed by atoms with Crippen molar-refractivity contribution >= 4 is 23.4 Å². The van der Waals surface area contributed by atoms with Gasteiger partial charge in [0.2, 0.25) is 11.8 Å². The number of carbonyl (C=O) groups is 2. The van der Waals surface area contributed by atoms with Crippen LogP contribution in [0.4, 0.5) is 0 Å². The summed E-state index contributed by atoms with van der Waals surface area (Å²) in [5.74, 6) is -0.974. The Morgan fingerprint density at radius 1 is 0.742 bits per heavy atom. The SMILES string of the molecule is C1CCCC1.NC(=O)c1ccc(-n2ccccc2=O)cc1.NC(=O)c1ccccc1Cl. The molecule has 0 aliphatic heterocycles. The van der Waals surface area contributed by atoms with Gasteiger partial charge >= 0.3 is 0 Å². The number of hydrogen-bond donors (Lipinski definition) is 2. The van der Waals surface area contributed by atoms with E-state index in [1.807, 2.05) is 0 Å². The third kappa shape index (κ3) is 7.75. The number of primary amides is 2. The van der Waals surface area contributed by atoms with Gasteiger partial charge in [-0.15, -0.1) is 0 Å². The Morgan fingerprint density at radius 3 is 1.74 bits per heavy atom. The molecule has 0 atom stereocenters. The Labute approximate surface area is 186 Å². The highest BCUT2D eigenvalue weighted by atomic mass is 35.5. The first-order valence-corrected chi connectivity index (χ1v) is 10.4. The molecular formula is C24H26ClN3O3. The van der Waals surface area contributed by atoms with Gasteiger partial charge in [-0.25, -0.2) is 0 Å². The summed E-state index contributed by atoms with van der Waals surface area (Å²) in [5, 5.41) is 0.398. The average molecular weight is 440 g/mol. The summed E-state index contributed by atoms with van der Waals surface area (Å²) in [6.45, 7) is 0. The van der Waals surface area contributed by atoms with E-state index in [0.717, 1.165) is 0 Å². The minimum absolute atomic E-state index is 0.116. The second-order valence-corrected chi connectivity index (χ2v) is 7.34. The van der Waals surface area contributed by atoms with Gasteiger partial charge in [-0.3, -0.25) is 19.0 Å². The molecule has 0 spiro atoms. The Bertz CT molecular complexity index is 1050. The van der Waals surface area contributed by atoms with Crippen molar-refractivity contribution in [1.82, 2.24) is 4.57 Å². The zero-order valence-corrected chi connectivity index (χ0v) is 17.9. The number of amides is 2. The highest BCUT2D eigenvalue weighted by Crippen LogP contribution is 2.15. The summed E-state index contributed by atoms with van der Waals surface area (Å²) in [5.41, 5.74) is 11.5. The molecule has 2 amide bonds. The van der Waals surface area contributed by atoms with Crippen LogP contribution in [0, 0.1) is 0 Å². The van der Waals surface area contributed by atoms with E-state index in [0.29, 0.717) is 21.8 Å². The van der Waals surface area contributed by atoms with Gasteiger partial charge in [0.25, 0.3) is 5.56 Å². The number of hydrogen-bond acceptors (Lipinski definition) is 3. The summed E-state index contributed by atoms with van der Waals surface area (Å²) in [7, 11) is 0. The maximum Gasteiger partial charge on any atom is 0.255 e. The number of benzene rings is 2. The fourth-order valence-corrected chi connectivity index (χ4v) is 3.20. The van der Waals surface area contributed by atoms with Crippen molar-refractivity contribution in [3.05, 3.63) is 99.4 Å². The third-order valence-electron chi connectivity index (χ3n) is 4.64. The molecule has 1 aliphatic rings. The van der Waals surface area contributed by atoms with Crippen molar-refractivity contribution in [3.63, 3.8) is 0 Å². The summed E-state index contributed by atoms with van der Waals surface area (Å²) in [4.78, 5) is 32.9. The molecule has 1 aliphatic carbocycles. The van der Waals surface area contributed by atoms with Crippen molar-refractivity contribution < 1.29 is 9.59 Å².